The lowest BCUT2D eigenvalue weighted by Gasteiger charge is -2.23. The monoisotopic (exact) mass is 287 g/mol. The SMILES string of the molecule is CCCCC(N)(C(=O)O)c1nc(Cl)nc(NCC)n1. The summed E-state index contributed by atoms with van der Waals surface area (Å²) >= 11 is 5.78. The van der Waals surface area contributed by atoms with E-state index in [4.69, 9.17) is 17.3 Å². The molecule has 1 rings (SSSR count). The first kappa shape index (κ1) is 15.6. The Morgan fingerprint density at radius 3 is 2.63 bits per heavy atom. The molecular formula is C11H18ClN5O2. The smallest absolute Gasteiger partial charge is 0.331 e. The Labute approximate surface area is 116 Å². The molecule has 0 aliphatic carbocycles. The molecule has 0 spiro atoms. The highest BCUT2D eigenvalue weighted by atomic mass is 35.5. The van der Waals surface area contributed by atoms with E-state index in [1.165, 1.54) is 0 Å². The molecule has 8 heteroatoms. The number of carboxylic acids is 1. The van der Waals surface area contributed by atoms with Crippen LogP contribution in [0.5, 0.6) is 0 Å². The summed E-state index contributed by atoms with van der Waals surface area (Å²) in [5.41, 5.74) is 4.30. The van der Waals surface area contributed by atoms with Crippen LogP contribution in [0.25, 0.3) is 0 Å². The molecule has 1 unspecified atom stereocenters. The number of nitrogens with one attached hydrogen (secondary N) is 1. The third-order valence-corrected chi connectivity index (χ3v) is 2.82. The second kappa shape index (κ2) is 6.63. The number of unbranched alkanes of at least 4 members (excludes halogenated alkanes) is 1. The first-order valence-electron chi connectivity index (χ1n) is 6.12. The van der Waals surface area contributed by atoms with E-state index in [1.54, 1.807) is 0 Å². The summed E-state index contributed by atoms with van der Waals surface area (Å²) in [6, 6.07) is 0. The molecule has 0 bridgehead atoms. The minimum atomic E-state index is -1.65. The van der Waals surface area contributed by atoms with Crippen molar-refractivity contribution in [2.45, 2.75) is 38.6 Å². The summed E-state index contributed by atoms with van der Waals surface area (Å²) < 4.78 is 0. The standard InChI is InChI=1S/C11H18ClN5O2/c1-3-5-6-11(13,8(18)19)7-15-9(12)17-10(16-7)14-4-2/h3-6,13H2,1-2H3,(H,18,19)(H,14,15,16,17). The molecule has 19 heavy (non-hydrogen) atoms. The maximum absolute atomic E-state index is 11.4. The van der Waals surface area contributed by atoms with Gasteiger partial charge in [-0.25, -0.2) is 4.79 Å². The third-order valence-electron chi connectivity index (χ3n) is 2.65. The molecule has 0 radical (unpaired) electrons. The Balaban J connectivity index is 3.18. The van der Waals surface area contributed by atoms with Crippen LogP contribution in [-0.4, -0.2) is 32.6 Å². The van der Waals surface area contributed by atoms with Gasteiger partial charge in [-0.15, -0.1) is 0 Å². The van der Waals surface area contributed by atoms with Gasteiger partial charge in [-0.2, -0.15) is 15.0 Å². The molecule has 106 valence electrons. The molecule has 0 aliphatic rings. The van der Waals surface area contributed by atoms with Crippen molar-refractivity contribution in [2.24, 2.45) is 5.73 Å². The molecule has 0 saturated carbocycles. The third kappa shape index (κ3) is 3.74. The van der Waals surface area contributed by atoms with Gasteiger partial charge in [0.1, 0.15) is 0 Å². The summed E-state index contributed by atoms with van der Waals surface area (Å²) in [5, 5.41) is 12.1. The van der Waals surface area contributed by atoms with E-state index in [1.807, 2.05) is 13.8 Å². The second-order valence-corrected chi connectivity index (χ2v) is 4.50. The topological polar surface area (TPSA) is 114 Å². The summed E-state index contributed by atoms with van der Waals surface area (Å²) in [6.45, 7) is 4.40. The van der Waals surface area contributed by atoms with E-state index in [0.717, 1.165) is 6.42 Å². The van der Waals surface area contributed by atoms with Crippen LogP contribution in [-0.2, 0) is 10.3 Å². The van der Waals surface area contributed by atoms with E-state index in [2.05, 4.69) is 20.3 Å². The van der Waals surface area contributed by atoms with Crippen molar-refractivity contribution < 1.29 is 9.90 Å². The highest BCUT2D eigenvalue weighted by Crippen LogP contribution is 2.23. The first-order valence-corrected chi connectivity index (χ1v) is 6.50. The molecule has 1 atom stereocenters. The fourth-order valence-electron chi connectivity index (χ4n) is 1.56. The molecule has 1 aromatic rings. The normalized spacial score (nSPS) is 13.9. The van der Waals surface area contributed by atoms with Gasteiger partial charge in [0.2, 0.25) is 11.2 Å². The number of nitrogens with zero attached hydrogens (tertiary/aromatic N) is 3. The zero-order chi connectivity index (χ0) is 14.5. The lowest BCUT2D eigenvalue weighted by atomic mass is 9.93. The maximum atomic E-state index is 11.4. The molecule has 4 N–H and O–H groups in total. The highest BCUT2D eigenvalue weighted by molar-refractivity contribution is 6.28. The Kier molecular flexibility index (Phi) is 5.44. The van der Waals surface area contributed by atoms with Crippen LogP contribution < -0.4 is 11.1 Å². The number of halogens is 1. The van der Waals surface area contributed by atoms with Gasteiger partial charge in [0.05, 0.1) is 0 Å². The molecule has 0 aromatic carbocycles. The van der Waals surface area contributed by atoms with Crippen molar-refractivity contribution in [1.29, 1.82) is 0 Å². The summed E-state index contributed by atoms with van der Waals surface area (Å²) in [6.07, 6.45) is 1.72. The molecule has 0 aliphatic heterocycles. The minimum absolute atomic E-state index is 0.0237. The number of aromatic nitrogens is 3. The molecule has 7 nitrogen and oxygen atoms in total. The number of rotatable bonds is 7. The lowest BCUT2D eigenvalue weighted by molar-refractivity contribution is -0.144. The zero-order valence-corrected chi connectivity index (χ0v) is 11.7. The van der Waals surface area contributed by atoms with E-state index in [-0.39, 0.29) is 23.5 Å². The van der Waals surface area contributed by atoms with Crippen molar-refractivity contribution in [3.8, 4) is 0 Å². The van der Waals surface area contributed by atoms with Gasteiger partial charge in [0, 0.05) is 6.54 Å². The van der Waals surface area contributed by atoms with Crippen LogP contribution in [0.4, 0.5) is 5.95 Å². The van der Waals surface area contributed by atoms with Gasteiger partial charge in [-0.1, -0.05) is 19.8 Å². The van der Waals surface area contributed by atoms with Crippen LogP contribution in [0.3, 0.4) is 0 Å². The molecule has 0 saturated heterocycles. The molecule has 1 aromatic heterocycles. The Hall–Kier alpha value is -1.47. The van der Waals surface area contributed by atoms with Crippen LogP contribution in [0.2, 0.25) is 5.28 Å². The molecule has 0 amide bonds. The highest BCUT2D eigenvalue weighted by Gasteiger charge is 2.39. The average molecular weight is 288 g/mol. The van der Waals surface area contributed by atoms with Crippen molar-refractivity contribution in [3.05, 3.63) is 11.1 Å². The number of hydrogen-bond donors (Lipinski definition) is 3. The number of anilines is 1. The van der Waals surface area contributed by atoms with Crippen molar-refractivity contribution in [2.75, 3.05) is 11.9 Å². The Morgan fingerprint density at radius 1 is 1.42 bits per heavy atom. The average Bonchev–Trinajstić information content (AvgIpc) is 2.35. The zero-order valence-electron chi connectivity index (χ0n) is 11.0. The predicted molar refractivity (Wildman–Crippen MR) is 72.0 cm³/mol. The fourth-order valence-corrected chi connectivity index (χ4v) is 1.72. The summed E-state index contributed by atoms with van der Waals surface area (Å²) in [7, 11) is 0. The Bertz CT molecular complexity index is 457. The summed E-state index contributed by atoms with van der Waals surface area (Å²) in [5.74, 6) is -0.972. The van der Waals surface area contributed by atoms with Crippen molar-refractivity contribution in [3.63, 3.8) is 0 Å². The van der Waals surface area contributed by atoms with Gasteiger partial charge in [-0.05, 0) is 24.9 Å². The van der Waals surface area contributed by atoms with E-state index >= 15 is 0 Å². The molecule has 0 fully saturated rings. The molecular weight excluding hydrogens is 270 g/mol. The number of carbonyl (C=O) groups is 1. The number of aliphatic carboxylic acids is 1. The number of carboxylic acid groups (broad SMARTS) is 1. The number of nitrogens with two attached hydrogens (primary N) is 1. The predicted octanol–water partition coefficient (Wildman–Crippen LogP) is 1.39. The van der Waals surface area contributed by atoms with Crippen molar-refractivity contribution in [1.82, 2.24) is 15.0 Å². The summed E-state index contributed by atoms with van der Waals surface area (Å²) in [4.78, 5) is 23.2. The Morgan fingerprint density at radius 2 is 2.11 bits per heavy atom. The van der Waals surface area contributed by atoms with E-state index < -0.39 is 11.5 Å². The van der Waals surface area contributed by atoms with Crippen LogP contribution >= 0.6 is 11.6 Å². The van der Waals surface area contributed by atoms with Gasteiger partial charge >= 0.3 is 5.97 Å². The van der Waals surface area contributed by atoms with Crippen LogP contribution in [0, 0.1) is 0 Å². The first-order chi connectivity index (χ1) is 8.93. The van der Waals surface area contributed by atoms with Crippen molar-refractivity contribution >= 4 is 23.5 Å². The molecule has 1 heterocycles. The van der Waals surface area contributed by atoms with Crippen LogP contribution in [0.15, 0.2) is 0 Å². The van der Waals surface area contributed by atoms with E-state index in [9.17, 15) is 9.90 Å². The van der Waals surface area contributed by atoms with Crippen LogP contribution in [0.1, 0.15) is 38.9 Å². The van der Waals surface area contributed by atoms with Gasteiger partial charge in [-0.3, -0.25) is 0 Å². The van der Waals surface area contributed by atoms with Gasteiger partial charge in [0.15, 0.2) is 11.4 Å². The fraction of sp³-hybridized carbons (Fsp3) is 0.636. The quantitative estimate of drug-likeness (QED) is 0.694. The maximum Gasteiger partial charge on any atom is 0.331 e. The minimum Gasteiger partial charge on any atom is -0.480 e. The lowest BCUT2D eigenvalue weighted by Crippen LogP contribution is -2.46. The van der Waals surface area contributed by atoms with E-state index in [0.29, 0.717) is 13.0 Å². The number of hydrogen-bond acceptors (Lipinski definition) is 6. The van der Waals surface area contributed by atoms with Gasteiger partial charge < -0.3 is 16.2 Å². The van der Waals surface area contributed by atoms with Gasteiger partial charge in [0.25, 0.3) is 0 Å². The second-order valence-electron chi connectivity index (χ2n) is 4.16. The largest absolute Gasteiger partial charge is 0.480 e.